The van der Waals surface area contributed by atoms with Crippen LogP contribution in [0.3, 0.4) is 0 Å². The minimum absolute atomic E-state index is 0.0263. The Hall–Kier alpha value is -1.93. The fourth-order valence-electron chi connectivity index (χ4n) is 8.57. The van der Waals surface area contributed by atoms with E-state index in [1.807, 2.05) is 0 Å². The zero-order valence-electron chi connectivity index (χ0n) is 21.1. The average molecular weight is 500 g/mol. The number of likely N-dealkylation sites (N-methyl/N-ethyl adjacent to an activating group) is 1. The largest absolute Gasteiger partial charge is 0.327 e. The monoisotopic (exact) mass is 499 g/mol. The van der Waals surface area contributed by atoms with Crippen molar-refractivity contribution in [3.8, 4) is 0 Å². The molecule has 2 heterocycles. The lowest BCUT2D eigenvalue weighted by molar-refractivity contribution is -0.129. The molecule has 190 valence electrons. The Balaban J connectivity index is 1.26. The fraction of sp³-hybridized carbons (Fsp3) is 0.704. The number of hydrogen-bond donors (Lipinski definition) is 0. The standard InChI is InChI=1S/C27H37N3O4S/c1-25(2)20-9-11-27(25,22(16-20)30-23(31)17-28(3)24(30)32)18-35(33,34)29-14-12-26(13-15-29)10-8-19-6-4-5-7-21(19)26/h4-7,20,22H,8-18H2,1-3H3/t20-,22+,27-/m1/s1. The maximum Gasteiger partial charge on any atom is 0.327 e. The van der Waals surface area contributed by atoms with Crippen molar-refractivity contribution in [2.75, 3.05) is 32.4 Å². The van der Waals surface area contributed by atoms with Gasteiger partial charge in [-0.25, -0.2) is 17.5 Å². The molecule has 5 aliphatic rings. The molecule has 4 fully saturated rings. The van der Waals surface area contributed by atoms with Crippen molar-refractivity contribution in [1.82, 2.24) is 14.1 Å². The first-order valence-electron chi connectivity index (χ1n) is 13.1. The van der Waals surface area contributed by atoms with Gasteiger partial charge in [-0.1, -0.05) is 38.1 Å². The summed E-state index contributed by atoms with van der Waals surface area (Å²) >= 11 is 0. The highest BCUT2D eigenvalue weighted by Crippen LogP contribution is 2.67. The fourth-order valence-corrected chi connectivity index (χ4v) is 10.9. The molecule has 0 radical (unpaired) electrons. The molecule has 2 saturated carbocycles. The molecule has 3 atom stereocenters. The highest BCUT2D eigenvalue weighted by atomic mass is 32.2. The van der Waals surface area contributed by atoms with Crippen LogP contribution in [0.25, 0.3) is 0 Å². The molecule has 7 nitrogen and oxygen atoms in total. The molecular formula is C27H37N3O4S. The summed E-state index contributed by atoms with van der Waals surface area (Å²) in [5.74, 6) is 0.162. The molecule has 1 aromatic carbocycles. The van der Waals surface area contributed by atoms with Crippen LogP contribution in [0.1, 0.15) is 63.5 Å². The van der Waals surface area contributed by atoms with Crippen LogP contribution in [0.15, 0.2) is 24.3 Å². The third-order valence-corrected chi connectivity index (χ3v) is 12.9. The predicted octanol–water partition coefficient (Wildman–Crippen LogP) is 3.39. The van der Waals surface area contributed by atoms with Crippen LogP contribution in [0, 0.1) is 16.7 Å². The molecule has 6 rings (SSSR count). The summed E-state index contributed by atoms with van der Waals surface area (Å²) in [6.07, 6.45) is 6.33. The first kappa shape index (κ1) is 23.5. The normalized spacial score (nSPS) is 33.8. The lowest BCUT2D eigenvalue weighted by Gasteiger charge is -2.46. The van der Waals surface area contributed by atoms with Gasteiger partial charge in [0.05, 0.1) is 5.75 Å². The SMILES string of the molecule is CN1CC(=O)N([C@H]2C[C@H]3CC[C@]2(CS(=O)(=O)N2CCC4(CCc5ccccc54)CC2)C3(C)C)C1=O. The second kappa shape index (κ2) is 7.54. The molecule has 0 N–H and O–H groups in total. The van der Waals surface area contributed by atoms with Gasteiger partial charge in [0.2, 0.25) is 10.0 Å². The van der Waals surface area contributed by atoms with Crippen molar-refractivity contribution in [3.63, 3.8) is 0 Å². The van der Waals surface area contributed by atoms with Gasteiger partial charge in [0.25, 0.3) is 5.91 Å². The van der Waals surface area contributed by atoms with Crippen LogP contribution in [-0.2, 0) is 26.7 Å². The van der Waals surface area contributed by atoms with Crippen LogP contribution in [0.5, 0.6) is 0 Å². The molecule has 1 spiro atoms. The summed E-state index contributed by atoms with van der Waals surface area (Å²) in [6.45, 7) is 5.50. The van der Waals surface area contributed by atoms with E-state index >= 15 is 0 Å². The van der Waals surface area contributed by atoms with Gasteiger partial charge < -0.3 is 4.90 Å². The molecule has 2 bridgehead atoms. The van der Waals surface area contributed by atoms with Crippen molar-refractivity contribution >= 4 is 22.0 Å². The van der Waals surface area contributed by atoms with E-state index in [0.717, 1.165) is 38.5 Å². The quantitative estimate of drug-likeness (QED) is 0.595. The first-order valence-corrected chi connectivity index (χ1v) is 14.8. The Labute approximate surface area is 208 Å². The highest BCUT2D eigenvalue weighted by Gasteiger charge is 2.68. The number of urea groups is 1. The third kappa shape index (κ3) is 3.14. The van der Waals surface area contributed by atoms with E-state index < -0.39 is 15.4 Å². The van der Waals surface area contributed by atoms with Crippen LogP contribution in [-0.4, -0.2) is 72.9 Å². The summed E-state index contributed by atoms with van der Waals surface area (Å²) in [5.41, 5.74) is 2.10. The maximum absolute atomic E-state index is 14.0. The Bertz CT molecular complexity index is 1190. The lowest BCUT2D eigenvalue weighted by Crippen LogP contribution is -2.56. The van der Waals surface area contributed by atoms with Gasteiger partial charge in [-0.2, -0.15) is 0 Å². The maximum atomic E-state index is 14.0. The van der Waals surface area contributed by atoms with Gasteiger partial charge in [0.15, 0.2) is 0 Å². The number of amides is 3. The molecule has 3 amide bonds. The Morgan fingerprint density at radius 3 is 2.40 bits per heavy atom. The van der Waals surface area contributed by atoms with E-state index in [2.05, 4.69) is 38.1 Å². The van der Waals surface area contributed by atoms with Crippen molar-refractivity contribution in [1.29, 1.82) is 0 Å². The number of sulfonamides is 1. The number of rotatable bonds is 4. The van der Waals surface area contributed by atoms with Gasteiger partial charge in [-0.15, -0.1) is 0 Å². The second-order valence-electron chi connectivity index (χ2n) is 12.4. The number of aryl methyl sites for hydroxylation is 1. The Morgan fingerprint density at radius 2 is 1.74 bits per heavy atom. The Kier molecular flexibility index (Phi) is 5.06. The zero-order valence-corrected chi connectivity index (χ0v) is 21.9. The van der Waals surface area contributed by atoms with Gasteiger partial charge in [0.1, 0.15) is 6.54 Å². The van der Waals surface area contributed by atoms with Gasteiger partial charge in [-0.3, -0.25) is 9.69 Å². The molecule has 0 unspecified atom stereocenters. The second-order valence-corrected chi connectivity index (χ2v) is 14.3. The van der Waals surface area contributed by atoms with Gasteiger partial charge in [0, 0.05) is 31.6 Å². The first-order chi connectivity index (χ1) is 16.5. The van der Waals surface area contributed by atoms with Crippen LogP contribution < -0.4 is 0 Å². The summed E-state index contributed by atoms with van der Waals surface area (Å²) in [5, 5.41) is 0. The zero-order chi connectivity index (χ0) is 24.8. The van der Waals surface area contributed by atoms with Crippen LogP contribution in [0.4, 0.5) is 4.79 Å². The van der Waals surface area contributed by atoms with Crippen LogP contribution >= 0.6 is 0 Å². The van der Waals surface area contributed by atoms with Crippen molar-refractivity contribution in [2.24, 2.45) is 16.7 Å². The number of carbonyl (C=O) groups excluding carboxylic acids is 2. The van der Waals surface area contributed by atoms with E-state index in [1.165, 1.54) is 20.9 Å². The van der Waals surface area contributed by atoms with E-state index in [1.54, 1.807) is 11.4 Å². The number of hydrogen-bond acceptors (Lipinski definition) is 4. The summed E-state index contributed by atoms with van der Waals surface area (Å²) in [7, 11) is -1.90. The molecule has 0 aromatic heterocycles. The van der Waals surface area contributed by atoms with E-state index in [9.17, 15) is 18.0 Å². The lowest BCUT2D eigenvalue weighted by atomic mass is 9.68. The van der Waals surface area contributed by atoms with Crippen LogP contribution in [0.2, 0.25) is 0 Å². The number of fused-ring (bicyclic) bond motifs is 4. The predicted molar refractivity (Wildman–Crippen MR) is 133 cm³/mol. The number of piperidine rings is 1. The van der Waals surface area contributed by atoms with Crippen molar-refractivity contribution in [2.45, 2.75) is 70.3 Å². The molecule has 8 heteroatoms. The molecule has 3 aliphatic carbocycles. The summed E-state index contributed by atoms with van der Waals surface area (Å²) in [6, 6.07) is 8.03. The summed E-state index contributed by atoms with van der Waals surface area (Å²) in [4.78, 5) is 28.6. The highest BCUT2D eigenvalue weighted by molar-refractivity contribution is 7.89. The molecule has 1 aromatic rings. The number of imide groups is 1. The van der Waals surface area contributed by atoms with Crippen molar-refractivity contribution < 1.29 is 18.0 Å². The minimum atomic E-state index is -3.55. The topological polar surface area (TPSA) is 78.0 Å². The minimum Gasteiger partial charge on any atom is -0.318 e. The van der Waals surface area contributed by atoms with Gasteiger partial charge >= 0.3 is 6.03 Å². The molecule has 2 saturated heterocycles. The number of benzene rings is 1. The third-order valence-electron chi connectivity index (χ3n) is 10.8. The van der Waals surface area contributed by atoms with E-state index in [4.69, 9.17) is 0 Å². The smallest absolute Gasteiger partial charge is 0.318 e. The van der Waals surface area contributed by atoms with Crippen molar-refractivity contribution in [3.05, 3.63) is 35.4 Å². The summed E-state index contributed by atoms with van der Waals surface area (Å²) < 4.78 is 29.7. The van der Waals surface area contributed by atoms with E-state index in [0.29, 0.717) is 25.4 Å². The van der Waals surface area contributed by atoms with E-state index in [-0.39, 0.29) is 41.1 Å². The number of carbonyl (C=O) groups is 2. The number of nitrogens with zero attached hydrogens (tertiary/aromatic N) is 3. The molecule has 2 aliphatic heterocycles. The molecular weight excluding hydrogens is 462 g/mol. The molecule has 35 heavy (non-hydrogen) atoms. The average Bonchev–Trinajstić information content (AvgIpc) is 3.44. The Morgan fingerprint density at radius 1 is 1.03 bits per heavy atom. The van der Waals surface area contributed by atoms with Gasteiger partial charge in [-0.05, 0) is 72.8 Å².